The summed E-state index contributed by atoms with van der Waals surface area (Å²) < 4.78 is 0.832. The molecule has 5 heteroatoms. The van der Waals surface area contributed by atoms with E-state index in [0.717, 1.165) is 15.6 Å². The van der Waals surface area contributed by atoms with E-state index in [9.17, 15) is 0 Å². The van der Waals surface area contributed by atoms with Crippen LogP contribution in [0.1, 0.15) is 16.5 Å². The molecule has 1 unspecified atom stereocenters. The third kappa shape index (κ3) is 3.15. The van der Waals surface area contributed by atoms with Gasteiger partial charge in [0.1, 0.15) is 0 Å². The number of hydrogen-bond acceptors (Lipinski definition) is 0. The van der Waals surface area contributed by atoms with Crippen molar-refractivity contribution in [1.82, 2.24) is 0 Å². The summed E-state index contributed by atoms with van der Waals surface area (Å²) in [6.45, 7) is 0. The van der Waals surface area contributed by atoms with E-state index < -0.39 is 0 Å². The van der Waals surface area contributed by atoms with Crippen LogP contribution in [0.2, 0.25) is 15.1 Å². The summed E-state index contributed by atoms with van der Waals surface area (Å²) in [5.41, 5.74) is 1.69. The van der Waals surface area contributed by atoms with Gasteiger partial charge >= 0.3 is 0 Å². The molecule has 2 rings (SSSR count). The summed E-state index contributed by atoms with van der Waals surface area (Å²) in [6, 6.07) is 10.8. The lowest BCUT2D eigenvalue weighted by atomic mass is 10.0. The van der Waals surface area contributed by atoms with E-state index in [1.807, 2.05) is 24.3 Å². The Hall–Kier alpha value is 0.0800. The maximum absolute atomic E-state index is 6.41. The highest BCUT2D eigenvalue weighted by Gasteiger charge is 2.15. The molecular weight excluding hydrogens is 378 g/mol. The van der Waals surface area contributed by atoms with Gasteiger partial charge in [-0.1, -0.05) is 46.9 Å². The smallest absolute Gasteiger partial charge is 0.0850 e. The van der Waals surface area contributed by atoms with E-state index in [2.05, 4.69) is 15.9 Å². The monoisotopic (exact) mass is 382 g/mol. The topological polar surface area (TPSA) is 0 Å². The highest BCUT2D eigenvalue weighted by Crippen LogP contribution is 2.37. The maximum Gasteiger partial charge on any atom is 0.0850 e. The van der Waals surface area contributed by atoms with Crippen molar-refractivity contribution < 1.29 is 0 Å². The van der Waals surface area contributed by atoms with Gasteiger partial charge in [0.2, 0.25) is 0 Å². The summed E-state index contributed by atoms with van der Waals surface area (Å²) in [4.78, 5) is 0. The zero-order chi connectivity index (χ0) is 13.3. The van der Waals surface area contributed by atoms with Crippen molar-refractivity contribution in [2.45, 2.75) is 5.38 Å². The molecule has 0 aliphatic carbocycles. The number of halogens is 5. The largest absolute Gasteiger partial charge is 0.113 e. The highest BCUT2D eigenvalue weighted by molar-refractivity contribution is 9.10. The summed E-state index contributed by atoms with van der Waals surface area (Å²) >= 11 is 27.8. The molecule has 0 saturated heterocycles. The van der Waals surface area contributed by atoms with Crippen molar-refractivity contribution in [3.63, 3.8) is 0 Å². The van der Waals surface area contributed by atoms with Crippen molar-refractivity contribution >= 4 is 62.3 Å². The number of benzene rings is 2. The van der Waals surface area contributed by atoms with Crippen LogP contribution in [0.5, 0.6) is 0 Å². The first-order valence-electron chi connectivity index (χ1n) is 5.03. The first-order valence-corrected chi connectivity index (χ1v) is 7.39. The lowest BCUT2D eigenvalue weighted by Crippen LogP contribution is -1.94. The van der Waals surface area contributed by atoms with Crippen LogP contribution in [0.25, 0.3) is 0 Å². The molecule has 0 N–H and O–H groups in total. The second-order valence-corrected chi connectivity index (χ2v) is 6.24. The standard InChI is InChI=1S/C13H7BrCl4/c14-10-4-1-7(5-12(10)17)13(18)9-3-2-8(15)6-11(9)16/h1-6,13H. The van der Waals surface area contributed by atoms with Gasteiger partial charge in [0.25, 0.3) is 0 Å². The molecule has 0 spiro atoms. The van der Waals surface area contributed by atoms with Crippen molar-refractivity contribution in [2.24, 2.45) is 0 Å². The predicted molar refractivity (Wildman–Crippen MR) is 83.3 cm³/mol. The molecule has 0 nitrogen and oxygen atoms in total. The van der Waals surface area contributed by atoms with E-state index >= 15 is 0 Å². The predicted octanol–water partition coefficient (Wildman–Crippen LogP) is 6.74. The Morgan fingerprint density at radius 1 is 0.889 bits per heavy atom. The molecule has 2 aromatic carbocycles. The van der Waals surface area contributed by atoms with Gasteiger partial charge in [-0.25, -0.2) is 0 Å². The van der Waals surface area contributed by atoms with Crippen LogP contribution >= 0.6 is 62.3 Å². The van der Waals surface area contributed by atoms with Crippen LogP contribution in [0.15, 0.2) is 40.9 Å². The molecule has 0 aliphatic heterocycles. The van der Waals surface area contributed by atoms with Crippen LogP contribution in [0.4, 0.5) is 0 Å². The third-order valence-electron chi connectivity index (χ3n) is 2.47. The van der Waals surface area contributed by atoms with Crippen LogP contribution < -0.4 is 0 Å². The third-order valence-corrected chi connectivity index (χ3v) is 4.75. The van der Waals surface area contributed by atoms with Crippen LogP contribution in [0, 0.1) is 0 Å². The van der Waals surface area contributed by atoms with Gasteiger partial charge in [-0.3, -0.25) is 0 Å². The fourth-order valence-electron chi connectivity index (χ4n) is 1.56. The minimum Gasteiger partial charge on any atom is -0.113 e. The Bertz CT molecular complexity index is 583. The van der Waals surface area contributed by atoms with Gasteiger partial charge in [0, 0.05) is 14.5 Å². The lowest BCUT2D eigenvalue weighted by Gasteiger charge is -2.13. The fraction of sp³-hybridized carbons (Fsp3) is 0.0769. The number of rotatable bonds is 2. The van der Waals surface area contributed by atoms with Gasteiger partial charge in [-0.2, -0.15) is 0 Å². The second kappa shape index (κ2) is 6.02. The summed E-state index contributed by atoms with van der Waals surface area (Å²) in [5.74, 6) is 0. The summed E-state index contributed by atoms with van der Waals surface area (Å²) in [6.07, 6.45) is 0. The van der Waals surface area contributed by atoms with Gasteiger partial charge in [0.15, 0.2) is 0 Å². The number of alkyl halides is 1. The van der Waals surface area contributed by atoms with E-state index in [0.29, 0.717) is 15.1 Å². The van der Waals surface area contributed by atoms with Crippen molar-refractivity contribution in [2.75, 3.05) is 0 Å². The molecule has 1 atom stereocenters. The van der Waals surface area contributed by atoms with Crippen LogP contribution in [-0.4, -0.2) is 0 Å². The van der Waals surface area contributed by atoms with Crippen LogP contribution in [0.3, 0.4) is 0 Å². The zero-order valence-electron chi connectivity index (χ0n) is 8.93. The molecular formula is C13H7BrCl4. The number of hydrogen-bond donors (Lipinski definition) is 0. The Morgan fingerprint density at radius 3 is 2.22 bits per heavy atom. The molecule has 94 valence electrons. The highest BCUT2D eigenvalue weighted by atomic mass is 79.9. The van der Waals surface area contributed by atoms with E-state index in [4.69, 9.17) is 46.4 Å². The lowest BCUT2D eigenvalue weighted by molar-refractivity contribution is 1.14. The zero-order valence-corrected chi connectivity index (χ0v) is 13.5. The Kier molecular flexibility index (Phi) is 4.85. The first kappa shape index (κ1) is 14.5. The molecule has 2 aromatic rings. The van der Waals surface area contributed by atoms with Crippen molar-refractivity contribution in [3.8, 4) is 0 Å². The Balaban J connectivity index is 2.41. The van der Waals surface area contributed by atoms with E-state index in [-0.39, 0.29) is 5.38 Å². The molecule has 0 saturated carbocycles. The molecule has 0 fully saturated rings. The quantitative estimate of drug-likeness (QED) is 0.503. The molecule has 0 aromatic heterocycles. The molecule has 0 amide bonds. The van der Waals surface area contributed by atoms with Gasteiger partial charge in [-0.15, -0.1) is 11.6 Å². The van der Waals surface area contributed by atoms with Crippen molar-refractivity contribution in [1.29, 1.82) is 0 Å². The molecule has 0 heterocycles. The fourth-order valence-corrected chi connectivity index (χ4v) is 2.89. The van der Waals surface area contributed by atoms with E-state index in [1.54, 1.807) is 12.1 Å². The van der Waals surface area contributed by atoms with E-state index in [1.165, 1.54) is 0 Å². The summed E-state index contributed by atoms with van der Waals surface area (Å²) in [7, 11) is 0. The summed E-state index contributed by atoms with van der Waals surface area (Å²) in [5, 5.41) is 1.38. The molecule has 0 bridgehead atoms. The Labute approximate surface area is 134 Å². The maximum atomic E-state index is 6.41. The normalized spacial score (nSPS) is 12.5. The first-order chi connectivity index (χ1) is 8.49. The minimum absolute atomic E-state index is 0.361. The second-order valence-electron chi connectivity index (χ2n) is 3.70. The van der Waals surface area contributed by atoms with Crippen molar-refractivity contribution in [3.05, 3.63) is 67.1 Å². The molecule has 0 radical (unpaired) electrons. The molecule has 0 aliphatic rings. The molecule has 18 heavy (non-hydrogen) atoms. The minimum atomic E-state index is -0.361. The van der Waals surface area contributed by atoms with Gasteiger partial charge in [-0.05, 0) is 51.3 Å². The average molecular weight is 385 g/mol. The van der Waals surface area contributed by atoms with Crippen LogP contribution in [-0.2, 0) is 0 Å². The van der Waals surface area contributed by atoms with Gasteiger partial charge in [0.05, 0.1) is 10.4 Å². The Morgan fingerprint density at radius 2 is 1.61 bits per heavy atom. The average Bonchev–Trinajstić information content (AvgIpc) is 2.32. The SMILES string of the molecule is Clc1ccc(C(Cl)c2ccc(Br)c(Cl)c2)c(Cl)c1. The van der Waals surface area contributed by atoms with Gasteiger partial charge < -0.3 is 0 Å².